The Hall–Kier alpha value is -4.38. The van der Waals surface area contributed by atoms with E-state index in [4.69, 9.17) is 16.1 Å². The standard InChI is InChI=1S/C23H12ClF3N4O4/c24-12-6-7-17(14(10-12)20-29-22(33)35-31-20)28-21(32)19-15-9-11(5-8-18(15)34-30-19)13-3-1-2-4-16(13)23(25,26)27/h1-10H,(H,28,32)(H,29,31,33). The zero-order valence-electron chi connectivity index (χ0n) is 17.3. The smallest absolute Gasteiger partial charge is 0.355 e. The maximum Gasteiger partial charge on any atom is 0.439 e. The molecule has 1 amide bonds. The molecular weight excluding hydrogens is 489 g/mol. The molecule has 176 valence electrons. The van der Waals surface area contributed by atoms with Crippen molar-refractivity contribution in [2.75, 3.05) is 5.32 Å². The van der Waals surface area contributed by atoms with E-state index >= 15 is 0 Å². The molecule has 5 aromatic rings. The van der Waals surface area contributed by atoms with Crippen molar-refractivity contribution in [2.24, 2.45) is 0 Å². The Bertz CT molecular complexity index is 1640. The van der Waals surface area contributed by atoms with Gasteiger partial charge >= 0.3 is 11.9 Å². The number of nitrogens with zero attached hydrogens (tertiary/aromatic N) is 2. The number of carbonyl (C=O) groups is 1. The van der Waals surface area contributed by atoms with Gasteiger partial charge in [-0.3, -0.25) is 14.3 Å². The van der Waals surface area contributed by atoms with E-state index in [9.17, 15) is 22.8 Å². The highest BCUT2D eigenvalue weighted by atomic mass is 35.5. The Morgan fingerprint density at radius 2 is 1.77 bits per heavy atom. The Labute approximate surface area is 198 Å². The molecule has 0 saturated heterocycles. The predicted molar refractivity (Wildman–Crippen MR) is 120 cm³/mol. The van der Waals surface area contributed by atoms with E-state index in [2.05, 4.69) is 25.1 Å². The fraction of sp³-hybridized carbons (Fsp3) is 0.0435. The second-order valence-electron chi connectivity index (χ2n) is 7.37. The van der Waals surface area contributed by atoms with Crippen LogP contribution < -0.4 is 11.1 Å². The van der Waals surface area contributed by atoms with Gasteiger partial charge in [0.2, 0.25) is 0 Å². The zero-order valence-corrected chi connectivity index (χ0v) is 18.1. The third kappa shape index (κ3) is 4.28. The van der Waals surface area contributed by atoms with Gasteiger partial charge in [0, 0.05) is 10.6 Å². The first kappa shape index (κ1) is 22.4. The summed E-state index contributed by atoms with van der Waals surface area (Å²) in [5.74, 6) is -1.48. The molecule has 12 heteroatoms. The number of amides is 1. The van der Waals surface area contributed by atoms with Gasteiger partial charge in [-0.25, -0.2) is 4.79 Å². The van der Waals surface area contributed by atoms with Crippen LogP contribution in [0.15, 0.2) is 74.5 Å². The van der Waals surface area contributed by atoms with Crippen LogP contribution in [0.5, 0.6) is 0 Å². The Morgan fingerprint density at radius 3 is 2.51 bits per heavy atom. The van der Waals surface area contributed by atoms with Crippen LogP contribution in [0.4, 0.5) is 18.9 Å². The lowest BCUT2D eigenvalue weighted by atomic mass is 9.98. The number of fused-ring (bicyclic) bond motifs is 1. The summed E-state index contributed by atoms with van der Waals surface area (Å²) < 4.78 is 50.2. The minimum Gasteiger partial charge on any atom is -0.355 e. The largest absolute Gasteiger partial charge is 0.439 e. The van der Waals surface area contributed by atoms with Crippen LogP contribution in [0, 0.1) is 0 Å². The van der Waals surface area contributed by atoms with Crippen LogP contribution in [-0.2, 0) is 6.18 Å². The summed E-state index contributed by atoms with van der Waals surface area (Å²) in [5, 5.41) is 10.5. The maximum absolute atomic E-state index is 13.5. The number of hydrogen-bond acceptors (Lipinski definition) is 6. The molecule has 0 saturated carbocycles. The molecule has 0 aliphatic heterocycles. The number of hydrogen-bond donors (Lipinski definition) is 2. The number of halogens is 4. The molecule has 3 aromatic carbocycles. The van der Waals surface area contributed by atoms with Crippen molar-refractivity contribution in [3.63, 3.8) is 0 Å². The van der Waals surface area contributed by atoms with Crippen molar-refractivity contribution in [1.82, 2.24) is 15.3 Å². The monoisotopic (exact) mass is 500 g/mol. The maximum atomic E-state index is 13.5. The second-order valence-corrected chi connectivity index (χ2v) is 7.81. The molecule has 0 bridgehead atoms. The molecule has 2 heterocycles. The van der Waals surface area contributed by atoms with Crippen LogP contribution in [0.3, 0.4) is 0 Å². The first-order chi connectivity index (χ1) is 16.7. The highest BCUT2D eigenvalue weighted by molar-refractivity contribution is 6.31. The lowest BCUT2D eigenvalue weighted by Crippen LogP contribution is -2.13. The molecule has 2 N–H and O–H groups in total. The van der Waals surface area contributed by atoms with Gasteiger partial charge in [-0.15, -0.1) is 0 Å². The van der Waals surface area contributed by atoms with Crippen molar-refractivity contribution in [2.45, 2.75) is 6.18 Å². The van der Waals surface area contributed by atoms with E-state index in [0.717, 1.165) is 6.07 Å². The molecule has 5 rings (SSSR count). The van der Waals surface area contributed by atoms with E-state index in [1.54, 1.807) is 0 Å². The molecule has 0 aliphatic carbocycles. The molecule has 2 aromatic heterocycles. The fourth-order valence-electron chi connectivity index (χ4n) is 3.60. The number of aromatic amines is 1. The molecule has 35 heavy (non-hydrogen) atoms. The number of H-pyrrole nitrogens is 1. The lowest BCUT2D eigenvalue weighted by molar-refractivity contribution is -0.137. The van der Waals surface area contributed by atoms with Crippen LogP contribution >= 0.6 is 11.6 Å². The molecule has 0 fully saturated rings. The predicted octanol–water partition coefficient (Wildman–Crippen LogP) is 5.76. The molecule has 0 spiro atoms. The minimum absolute atomic E-state index is 0.0313. The third-order valence-electron chi connectivity index (χ3n) is 5.15. The number of rotatable bonds is 4. The number of nitrogens with one attached hydrogen (secondary N) is 2. The van der Waals surface area contributed by atoms with Crippen LogP contribution in [-0.4, -0.2) is 21.2 Å². The average Bonchev–Trinajstić information content (AvgIpc) is 3.45. The molecule has 8 nitrogen and oxygen atoms in total. The Balaban J connectivity index is 1.54. The first-order valence-electron chi connectivity index (χ1n) is 9.94. The zero-order chi connectivity index (χ0) is 24.7. The molecule has 0 unspecified atom stereocenters. The summed E-state index contributed by atoms with van der Waals surface area (Å²) in [5.41, 5.74) is -0.0851. The third-order valence-corrected chi connectivity index (χ3v) is 5.39. The van der Waals surface area contributed by atoms with E-state index < -0.39 is 23.4 Å². The number of anilines is 1. The van der Waals surface area contributed by atoms with Crippen LogP contribution in [0.25, 0.3) is 33.5 Å². The molecular formula is C23H12ClF3N4O4. The minimum atomic E-state index is -4.56. The van der Waals surface area contributed by atoms with E-state index in [-0.39, 0.29) is 44.9 Å². The summed E-state index contributed by atoms with van der Waals surface area (Å²) in [7, 11) is 0. The summed E-state index contributed by atoms with van der Waals surface area (Å²) >= 11 is 6.04. The lowest BCUT2D eigenvalue weighted by Gasteiger charge is -2.12. The first-order valence-corrected chi connectivity index (χ1v) is 10.3. The normalized spacial score (nSPS) is 11.7. The van der Waals surface area contributed by atoms with Gasteiger partial charge < -0.3 is 9.84 Å². The summed E-state index contributed by atoms with van der Waals surface area (Å²) in [6.07, 6.45) is -4.56. The van der Waals surface area contributed by atoms with Gasteiger partial charge in [-0.1, -0.05) is 46.2 Å². The van der Waals surface area contributed by atoms with Crippen molar-refractivity contribution < 1.29 is 27.0 Å². The Morgan fingerprint density at radius 1 is 0.971 bits per heavy atom. The second kappa shape index (κ2) is 8.44. The van der Waals surface area contributed by atoms with Crippen molar-refractivity contribution >= 4 is 34.2 Å². The van der Waals surface area contributed by atoms with Crippen molar-refractivity contribution in [1.29, 1.82) is 0 Å². The van der Waals surface area contributed by atoms with Gasteiger partial charge in [0.1, 0.15) is 0 Å². The fourth-order valence-corrected chi connectivity index (χ4v) is 3.77. The summed E-state index contributed by atoms with van der Waals surface area (Å²) in [4.78, 5) is 26.8. The van der Waals surface area contributed by atoms with Gasteiger partial charge in [-0.2, -0.15) is 13.2 Å². The van der Waals surface area contributed by atoms with Gasteiger partial charge in [0.25, 0.3) is 5.91 Å². The molecule has 0 aliphatic rings. The Kier molecular flexibility index (Phi) is 5.40. The number of benzene rings is 3. The van der Waals surface area contributed by atoms with Gasteiger partial charge in [0.15, 0.2) is 17.1 Å². The van der Waals surface area contributed by atoms with Crippen LogP contribution in [0.2, 0.25) is 5.02 Å². The number of carbonyl (C=O) groups excluding carboxylic acids is 1. The topological polar surface area (TPSA) is 114 Å². The van der Waals surface area contributed by atoms with Crippen molar-refractivity contribution in [3.8, 4) is 22.5 Å². The van der Waals surface area contributed by atoms with E-state index in [1.807, 2.05) is 0 Å². The summed E-state index contributed by atoms with van der Waals surface area (Å²) in [6, 6.07) is 13.9. The van der Waals surface area contributed by atoms with Gasteiger partial charge in [0.05, 0.1) is 16.6 Å². The quantitative estimate of drug-likeness (QED) is 0.324. The molecule has 0 atom stereocenters. The van der Waals surface area contributed by atoms with Crippen molar-refractivity contribution in [3.05, 3.63) is 87.5 Å². The average molecular weight is 501 g/mol. The number of alkyl halides is 3. The highest BCUT2D eigenvalue weighted by Crippen LogP contribution is 2.38. The van der Waals surface area contributed by atoms with Crippen LogP contribution in [0.1, 0.15) is 16.1 Å². The van der Waals surface area contributed by atoms with E-state index in [0.29, 0.717) is 5.02 Å². The van der Waals surface area contributed by atoms with Gasteiger partial charge in [-0.05, 0) is 47.5 Å². The number of aromatic nitrogens is 3. The summed E-state index contributed by atoms with van der Waals surface area (Å²) in [6.45, 7) is 0. The molecule has 0 radical (unpaired) electrons. The SMILES string of the molecule is O=C(Nc1ccc(Cl)cc1-c1noc(=O)[nH]1)c1noc2ccc(-c3ccccc3C(F)(F)F)cc12. The highest BCUT2D eigenvalue weighted by Gasteiger charge is 2.33. The van der Waals surface area contributed by atoms with E-state index in [1.165, 1.54) is 54.6 Å².